The minimum atomic E-state index is -3.31. The molecule has 1 atom stereocenters. The first-order chi connectivity index (χ1) is 21.6. The molecule has 13 nitrogen and oxygen atoms in total. The number of amides is 2. The van der Waals surface area contributed by atoms with Crippen molar-refractivity contribution in [1.82, 2.24) is 34.3 Å². The number of fused-ring (bicyclic) bond motifs is 1. The zero-order valence-corrected chi connectivity index (χ0v) is 27.3. The van der Waals surface area contributed by atoms with E-state index in [0.717, 1.165) is 60.6 Å². The standard InChI is InChI=1S/C30H40ClN9O4S/c1-20-16-24-26(37(2)36-28(24)23-4-5-27(41)35-29(23)42)17-25(20)39-13-11-38(12-14-39)8-3-15-45(43,44)40-9-6-22(7-10-40)34-30-32-18-21(31)19-33-30/h16-19,22-23H,3-15H2,1-2H3,(H,32,33,34)(H,35,41,42). The molecule has 2 amide bonds. The van der Waals surface area contributed by atoms with Crippen LogP contribution in [0.25, 0.3) is 10.9 Å². The molecule has 3 aliphatic heterocycles. The molecule has 3 saturated heterocycles. The number of benzene rings is 1. The fourth-order valence-electron chi connectivity index (χ4n) is 6.64. The molecule has 3 fully saturated rings. The molecule has 2 aromatic heterocycles. The smallest absolute Gasteiger partial charge is 0.235 e. The van der Waals surface area contributed by atoms with Crippen molar-refractivity contribution in [2.45, 2.75) is 51.0 Å². The highest BCUT2D eigenvalue weighted by Crippen LogP contribution is 2.34. The van der Waals surface area contributed by atoms with Crippen LogP contribution in [-0.2, 0) is 26.7 Å². The predicted molar refractivity (Wildman–Crippen MR) is 173 cm³/mol. The molecule has 0 saturated carbocycles. The molecule has 2 N–H and O–H groups in total. The number of nitrogens with zero attached hydrogens (tertiary/aromatic N) is 7. The molecule has 242 valence electrons. The SMILES string of the molecule is Cc1cc2c(C3CCC(=O)NC3=O)nn(C)c2cc1N1CCN(CCCS(=O)(=O)N2CCC(Nc3ncc(Cl)cn3)CC2)CC1. The van der Waals surface area contributed by atoms with Crippen LogP contribution in [0.1, 0.15) is 49.3 Å². The maximum atomic E-state index is 13.1. The van der Waals surface area contributed by atoms with Crippen molar-refractivity contribution in [3.8, 4) is 0 Å². The van der Waals surface area contributed by atoms with Gasteiger partial charge >= 0.3 is 0 Å². The number of rotatable bonds is 9. The van der Waals surface area contributed by atoms with E-state index >= 15 is 0 Å². The van der Waals surface area contributed by atoms with E-state index in [9.17, 15) is 18.0 Å². The second-order valence-electron chi connectivity index (χ2n) is 12.2. The molecular weight excluding hydrogens is 618 g/mol. The average molecular weight is 658 g/mol. The number of aromatic nitrogens is 4. The predicted octanol–water partition coefficient (Wildman–Crippen LogP) is 2.26. The number of piperazine rings is 1. The van der Waals surface area contributed by atoms with Gasteiger partial charge in [-0.25, -0.2) is 22.7 Å². The Hall–Kier alpha value is -3.33. The van der Waals surface area contributed by atoms with E-state index < -0.39 is 15.9 Å². The van der Waals surface area contributed by atoms with E-state index in [1.165, 1.54) is 0 Å². The number of imide groups is 1. The van der Waals surface area contributed by atoms with Crippen molar-refractivity contribution in [3.05, 3.63) is 40.8 Å². The molecule has 6 rings (SSSR count). The summed E-state index contributed by atoms with van der Waals surface area (Å²) in [5, 5.41) is 11.8. The summed E-state index contributed by atoms with van der Waals surface area (Å²) in [6.07, 6.45) is 5.88. The molecule has 3 aromatic rings. The number of carbonyl (C=O) groups is 2. The zero-order chi connectivity index (χ0) is 31.7. The van der Waals surface area contributed by atoms with Crippen molar-refractivity contribution in [3.63, 3.8) is 0 Å². The van der Waals surface area contributed by atoms with Gasteiger partial charge in [-0.1, -0.05) is 11.6 Å². The molecule has 0 bridgehead atoms. The van der Waals surface area contributed by atoms with Crippen LogP contribution in [0.3, 0.4) is 0 Å². The van der Waals surface area contributed by atoms with Gasteiger partial charge in [-0.15, -0.1) is 0 Å². The van der Waals surface area contributed by atoms with Crippen molar-refractivity contribution >= 4 is 56.0 Å². The monoisotopic (exact) mass is 657 g/mol. The Balaban J connectivity index is 0.981. The van der Waals surface area contributed by atoms with Gasteiger partial charge < -0.3 is 10.2 Å². The third-order valence-corrected chi connectivity index (χ3v) is 11.3. The fourth-order valence-corrected chi connectivity index (χ4v) is 8.26. The number of carbonyl (C=O) groups excluding carboxylic acids is 2. The van der Waals surface area contributed by atoms with Crippen LogP contribution in [0.2, 0.25) is 5.02 Å². The normalized spacial score (nSPS) is 21.0. The Bertz CT molecular complexity index is 1660. The quantitative estimate of drug-likeness (QED) is 0.329. The summed E-state index contributed by atoms with van der Waals surface area (Å²) in [5.41, 5.74) is 3.94. The number of sulfonamides is 1. The van der Waals surface area contributed by atoms with E-state index in [4.69, 9.17) is 16.7 Å². The topological polar surface area (TPSA) is 146 Å². The van der Waals surface area contributed by atoms with Crippen LogP contribution in [-0.4, -0.2) is 107 Å². The minimum absolute atomic E-state index is 0.128. The lowest BCUT2D eigenvalue weighted by Crippen LogP contribution is -2.47. The van der Waals surface area contributed by atoms with Gasteiger partial charge in [-0.3, -0.25) is 24.5 Å². The molecule has 0 radical (unpaired) electrons. The first kappa shape index (κ1) is 31.6. The van der Waals surface area contributed by atoms with Crippen LogP contribution < -0.4 is 15.5 Å². The van der Waals surface area contributed by atoms with Gasteiger partial charge in [-0.2, -0.15) is 5.10 Å². The summed E-state index contributed by atoms with van der Waals surface area (Å²) >= 11 is 5.85. The van der Waals surface area contributed by atoms with Crippen molar-refractivity contribution in [2.75, 3.05) is 61.8 Å². The largest absolute Gasteiger partial charge is 0.369 e. The fraction of sp³-hybridized carbons (Fsp3) is 0.567. The van der Waals surface area contributed by atoms with Gasteiger partial charge in [0.05, 0.1) is 40.3 Å². The summed E-state index contributed by atoms with van der Waals surface area (Å²) < 4.78 is 29.6. The second-order valence-corrected chi connectivity index (χ2v) is 14.7. The lowest BCUT2D eigenvalue weighted by Gasteiger charge is -2.37. The van der Waals surface area contributed by atoms with Gasteiger partial charge in [0.1, 0.15) is 0 Å². The third-order valence-electron chi connectivity index (χ3n) is 9.16. The van der Waals surface area contributed by atoms with E-state index in [1.807, 2.05) is 11.7 Å². The number of nitrogens with one attached hydrogen (secondary N) is 2. The summed E-state index contributed by atoms with van der Waals surface area (Å²) in [7, 11) is -1.43. The van der Waals surface area contributed by atoms with Crippen molar-refractivity contribution in [1.29, 1.82) is 0 Å². The molecule has 5 heterocycles. The van der Waals surface area contributed by atoms with Crippen molar-refractivity contribution < 1.29 is 18.0 Å². The lowest BCUT2D eigenvalue weighted by molar-refractivity contribution is -0.134. The second kappa shape index (κ2) is 13.2. The van der Waals surface area contributed by atoms with Crippen LogP contribution in [0.5, 0.6) is 0 Å². The maximum absolute atomic E-state index is 13.1. The third kappa shape index (κ3) is 7.08. The number of hydrogen-bond donors (Lipinski definition) is 2. The maximum Gasteiger partial charge on any atom is 0.235 e. The van der Waals surface area contributed by atoms with E-state index in [1.54, 1.807) is 16.7 Å². The molecule has 3 aliphatic rings. The van der Waals surface area contributed by atoms with E-state index in [2.05, 4.69) is 49.5 Å². The molecule has 15 heteroatoms. The lowest BCUT2D eigenvalue weighted by atomic mass is 9.92. The van der Waals surface area contributed by atoms with Crippen LogP contribution in [0.15, 0.2) is 24.5 Å². The minimum Gasteiger partial charge on any atom is -0.369 e. The Kier molecular flexibility index (Phi) is 9.27. The summed E-state index contributed by atoms with van der Waals surface area (Å²) in [4.78, 5) is 37.2. The highest BCUT2D eigenvalue weighted by Gasteiger charge is 2.32. The molecule has 45 heavy (non-hydrogen) atoms. The first-order valence-electron chi connectivity index (χ1n) is 15.6. The first-order valence-corrected chi connectivity index (χ1v) is 17.6. The van der Waals surface area contributed by atoms with Gasteiger partial charge in [-0.05, 0) is 56.8 Å². The zero-order valence-electron chi connectivity index (χ0n) is 25.7. The molecule has 0 aliphatic carbocycles. The molecule has 1 unspecified atom stereocenters. The number of halogens is 1. The highest BCUT2D eigenvalue weighted by molar-refractivity contribution is 7.89. The van der Waals surface area contributed by atoms with Gasteiger partial charge in [0, 0.05) is 69.9 Å². The van der Waals surface area contributed by atoms with Gasteiger partial charge in [0.25, 0.3) is 0 Å². The number of anilines is 2. The molecule has 1 aromatic carbocycles. The number of hydrogen-bond acceptors (Lipinski definition) is 10. The number of piperidine rings is 2. The summed E-state index contributed by atoms with van der Waals surface area (Å²) in [6.45, 7) is 7.20. The molecular formula is C30H40ClN9O4S. The van der Waals surface area contributed by atoms with Crippen LogP contribution >= 0.6 is 11.6 Å². The van der Waals surface area contributed by atoms with Crippen LogP contribution in [0, 0.1) is 6.92 Å². The Morgan fingerprint density at radius 1 is 1.02 bits per heavy atom. The Labute approximate surface area is 268 Å². The van der Waals surface area contributed by atoms with Gasteiger partial charge in [0.15, 0.2) is 0 Å². The van der Waals surface area contributed by atoms with E-state index in [-0.39, 0.29) is 23.6 Å². The Morgan fingerprint density at radius 2 is 1.73 bits per heavy atom. The van der Waals surface area contributed by atoms with E-state index in [0.29, 0.717) is 56.2 Å². The highest BCUT2D eigenvalue weighted by atomic mass is 35.5. The average Bonchev–Trinajstić information content (AvgIpc) is 3.33. The Morgan fingerprint density at radius 3 is 2.42 bits per heavy atom. The van der Waals surface area contributed by atoms with Gasteiger partial charge in [0.2, 0.25) is 27.8 Å². The van der Waals surface area contributed by atoms with Crippen molar-refractivity contribution in [2.24, 2.45) is 7.05 Å². The summed E-state index contributed by atoms with van der Waals surface area (Å²) in [5.74, 6) is -0.279. The summed E-state index contributed by atoms with van der Waals surface area (Å²) in [6, 6.07) is 4.39. The van der Waals surface area contributed by atoms with Crippen LogP contribution in [0.4, 0.5) is 11.6 Å². The molecule has 0 spiro atoms. The number of aryl methyl sites for hydroxylation is 2.